The van der Waals surface area contributed by atoms with Crippen LogP contribution in [0.5, 0.6) is 0 Å². The second-order valence-corrected chi connectivity index (χ2v) is 13.4. The summed E-state index contributed by atoms with van der Waals surface area (Å²) in [4.78, 5) is 39.5. The lowest BCUT2D eigenvalue weighted by atomic mass is 10.0. The van der Waals surface area contributed by atoms with Crippen LogP contribution in [0.3, 0.4) is 0 Å². The molecule has 3 aliphatic rings. The predicted octanol–water partition coefficient (Wildman–Crippen LogP) is 4.08. The van der Waals surface area contributed by atoms with E-state index in [0.717, 1.165) is 50.3 Å². The first-order valence-electron chi connectivity index (χ1n) is 16.8. The number of amides is 3. The summed E-state index contributed by atoms with van der Waals surface area (Å²) in [5, 5.41) is 15.5. The van der Waals surface area contributed by atoms with Crippen molar-refractivity contribution in [3.8, 4) is 16.8 Å². The Bertz CT molecular complexity index is 1980. The van der Waals surface area contributed by atoms with Crippen molar-refractivity contribution in [2.45, 2.75) is 58.4 Å². The van der Waals surface area contributed by atoms with Crippen molar-refractivity contribution >= 4 is 34.7 Å². The molecule has 1 saturated heterocycles. The van der Waals surface area contributed by atoms with Gasteiger partial charge in [0.1, 0.15) is 29.6 Å². The Morgan fingerprint density at radius 3 is 2.72 bits per heavy atom. The summed E-state index contributed by atoms with van der Waals surface area (Å²) < 4.78 is 19.8. The highest BCUT2D eigenvalue weighted by molar-refractivity contribution is 7.15. The molecule has 2 atom stereocenters. The summed E-state index contributed by atoms with van der Waals surface area (Å²) in [5.74, 6) is 7.26. The van der Waals surface area contributed by atoms with Crippen LogP contribution in [0.25, 0.3) is 5.00 Å². The minimum Gasteiger partial charge on any atom is -0.382 e. The number of nitrogens with one attached hydrogen (secondary N) is 2. The number of hydrogen-bond donors (Lipinski definition) is 2. The van der Waals surface area contributed by atoms with Gasteiger partial charge in [-0.05, 0) is 49.9 Å². The van der Waals surface area contributed by atoms with Crippen LogP contribution in [-0.4, -0.2) is 76.4 Å². The summed E-state index contributed by atoms with van der Waals surface area (Å²) in [6.45, 7) is 6.82. The third kappa shape index (κ3) is 6.93. The SMILES string of the molecule is Cc1nnc2n1-c1sc(C#CCOCCOCCNc3cccc4c3CN(C3CCC(=O)NC3=O)C4=O)c(Cc3ccccc3)c1CO[C@H]2C. The predicted molar refractivity (Wildman–Crippen MR) is 186 cm³/mol. The Kier molecular flexibility index (Phi) is 10.0. The molecule has 0 spiro atoms. The second kappa shape index (κ2) is 14.9. The molecule has 3 amide bonds. The smallest absolute Gasteiger partial charge is 0.255 e. The number of rotatable bonds is 11. The van der Waals surface area contributed by atoms with Gasteiger partial charge >= 0.3 is 0 Å². The fraction of sp³-hybridized carbons (Fsp3) is 0.378. The highest BCUT2D eigenvalue weighted by atomic mass is 32.1. The zero-order valence-electron chi connectivity index (χ0n) is 28.0. The number of benzene rings is 2. The molecule has 13 heteroatoms. The second-order valence-electron chi connectivity index (χ2n) is 12.4. The van der Waals surface area contributed by atoms with Gasteiger partial charge in [-0.25, -0.2) is 0 Å². The summed E-state index contributed by atoms with van der Waals surface area (Å²) >= 11 is 1.64. The maximum Gasteiger partial charge on any atom is 0.255 e. The number of imide groups is 1. The average Bonchev–Trinajstić information content (AvgIpc) is 3.74. The molecule has 0 bridgehead atoms. The Balaban J connectivity index is 0.902. The monoisotopic (exact) mass is 694 g/mol. The van der Waals surface area contributed by atoms with Gasteiger partial charge in [0.15, 0.2) is 5.82 Å². The molecule has 4 aromatic rings. The Morgan fingerprint density at radius 1 is 1.04 bits per heavy atom. The topological polar surface area (TPSA) is 137 Å². The molecule has 3 aliphatic heterocycles. The van der Waals surface area contributed by atoms with Gasteiger partial charge in [-0.15, -0.1) is 21.5 Å². The number of fused-ring (bicyclic) bond motifs is 4. The minimum atomic E-state index is -0.643. The Labute approximate surface area is 294 Å². The number of hydrogen-bond acceptors (Lipinski definition) is 10. The van der Waals surface area contributed by atoms with E-state index in [2.05, 4.69) is 49.4 Å². The number of piperidine rings is 1. The molecule has 50 heavy (non-hydrogen) atoms. The van der Waals surface area contributed by atoms with Crippen molar-refractivity contribution in [1.82, 2.24) is 25.0 Å². The fourth-order valence-electron chi connectivity index (χ4n) is 6.55. The summed E-state index contributed by atoms with van der Waals surface area (Å²) in [5.41, 5.74) is 5.73. The molecule has 258 valence electrons. The fourth-order valence-corrected chi connectivity index (χ4v) is 7.81. The highest BCUT2D eigenvalue weighted by Crippen LogP contribution is 2.39. The molecule has 2 N–H and O–H groups in total. The van der Waals surface area contributed by atoms with Crippen LogP contribution in [0, 0.1) is 18.8 Å². The van der Waals surface area contributed by atoms with Crippen molar-refractivity contribution in [3.05, 3.63) is 92.9 Å². The van der Waals surface area contributed by atoms with E-state index in [0.29, 0.717) is 51.5 Å². The van der Waals surface area contributed by atoms with E-state index >= 15 is 0 Å². The highest BCUT2D eigenvalue weighted by Gasteiger charge is 2.39. The Hall–Kier alpha value is -4.87. The van der Waals surface area contributed by atoms with Gasteiger partial charge in [0.2, 0.25) is 11.8 Å². The molecular formula is C37H38N6O6S. The van der Waals surface area contributed by atoms with Crippen LogP contribution in [-0.2, 0) is 43.4 Å². The molecule has 1 unspecified atom stereocenters. The molecule has 7 rings (SSSR count). The maximum atomic E-state index is 13.1. The third-order valence-corrected chi connectivity index (χ3v) is 10.3. The van der Waals surface area contributed by atoms with Crippen molar-refractivity contribution in [2.75, 3.05) is 38.3 Å². The van der Waals surface area contributed by atoms with Crippen LogP contribution in [0.15, 0.2) is 48.5 Å². The average molecular weight is 695 g/mol. The standard InChI is InChI=1S/C37H38N6O6S/c1-23-34-41-40-24(2)43(34)37-29(22-49-23)27(20-25-8-4-3-5-9-25)32(50-37)12-7-16-47-18-19-48-17-15-38-30-11-6-10-26-28(30)21-42(36(26)46)31-13-14-33(44)39-35(31)45/h3-6,8-11,23,31,38H,13-22H2,1-2H3,(H,39,44,45)/t23-,31?/m0/s1. The number of anilines is 1. The molecule has 0 aliphatic carbocycles. The van der Waals surface area contributed by atoms with Gasteiger partial charge in [0.25, 0.3) is 5.91 Å². The van der Waals surface area contributed by atoms with Crippen LogP contribution >= 0.6 is 11.3 Å². The van der Waals surface area contributed by atoms with Gasteiger partial charge in [0, 0.05) is 41.9 Å². The van der Waals surface area contributed by atoms with Gasteiger partial charge in [-0.1, -0.05) is 48.2 Å². The molecular weight excluding hydrogens is 657 g/mol. The van der Waals surface area contributed by atoms with Gasteiger partial charge < -0.3 is 24.4 Å². The molecule has 12 nitrogen and oxygen atoms in total. The third-order valence-electron chi connectivity index (χ3n) is 9.11. The normalized spacial score (nSPS) is 18.1. The van der Waals surface area contributed by atoms with Gasteiger partial charge in [-0.3, -0.25) is 24.3 Å². The molecule has 5 heterocycles. The lowest BCUT2D eigenvalue weighted by Crippen LogP contribution is -2.52. The zero-order chi connectivity index (χ0) is 34.6. The number of nitrogens with zero attached hydrogens (tertiary/aromatic N) is 4. The van der Waals surface area contributed by atoms with E-state index in [9.17, 15) is 14.4 Å². The van der Waals surface area contributed by atoms with E-state index in [-0.39, 0.29) is 30.9 Å². The first-order chi connectivity index (χ1) is 24.4. The van der Waals surface area contributed by atoms with Crippen LogP contribution in [0.2, 0.25) is 0 Å². The zero-order valence-corrected chi connectivity index (χ0v) is 28.8. The first-order valence-corrected chi connectivity index (χ1v) is 17.6. The van der Waals surface area contributed by atoms with Crippen LogP contribution in [0.1, 0.15) is 75.0 Å². The van der Waals surface area contributed by atoms with Crippen molar-refractivity contribution in [3.63, 3.8) is 0 Å². The number of carbonyl (C=O) groups is 3. The molecule has 0 radical (unpaired) electrons. The lowest BCUT2D eigenvalue weighted by molar-refractivity contribution is -0.136. The van der Waals surface area contributed by atoms with E-state index in [1.807, 2.05) is 44.2 Å². The van der Waals surface area contributed by atoms with Gasteiger partial charge in [0.05, 0.1) is 31.3 Å². The molecule has 0 saturated carbocycles. The number of carbonyl (C=O) groups excluding carboxylic acids is 3. The van der Waals surface area contributed by atoms with Crippen molar-refractivity contribution in [1.29, 1.82) is 0 Å². The lowest BCUT2D eigenvalue weighted by Gasteiger charge is -2.29. The van der Waals surface area contributed by atoms with Crippen LogP contribution in [0.4, 0.5) is 5.69 Å². The van der Waals surface area contributed by atoms with Gasteiger partial charge in [-0.2, -0.15) is 0 Å². The quantitative estimate of drug-likeness (QED) is 0.135. The molecule has 2 aromatic carbocycles. The maximum absolute atomic E-state index is 13.1. The van der Waals surface area contributed by atoms with E-state index in [1.165, 1.54) is 5.56 Å². The number of ether oxygens (including phenoxy) is 3. The van der Waals surface area contributed by atoms with E-state index in [1.54, 1.807) is 22.3 Å². The van der Waals surface area contributed by atoms with E-state index in [4.69, 9.17) is 14.2 Å². The number of aromatic nitrogens is 3. The minimum absolute atomic E-state index is 0.163. The largest absolute Gasteiger partial charge is 0.382 e. The Morgan fingerprint density at radius 2 is 1.88 bits per heavy atom. The van der Waals surface area contributed by atoms with Crippen molar-refractivity contribution in [2.24, 2.45) is 0 Å². The number of aryl methyl sites for hydroxylation is 1. The summed E-state index contributed by atoms with van der Waals surface area (Å²) in [6, 6.07) is 15.2. The molecule has 2 aromatic heterocycles. The number of thiophene rings is 1. The van der Waals surface area contributed by atoms with E-state index < -0.39 is 11.9 Å². The summed E-state index contributed by atoms with van der Waals surface area (Å²) in [7, 11) is 0. The van der Waals surface area contributed by atoms with Crippen molar-refractivity contribution < 1.29 is 28.6 Å². The first kappa shape index (κ1) is 33.6. The summed E-state index contributed by atoms with van der Waals surface area (Å²) in [6.07, 6.45) is 1.14. The molecule has 1 fully saturated rings. The van der Waals surface area contributed by atoms with Crippen LogP contribution < -0.4 is 10.6 Å².